The van der Waals surface area contributed by atoms with Crippen LogP contribution in [0, 0.1) is 0 Å². The highest BCUT2D eigenvalue weighted by Crippen LogP contribution is 2.43. The molecule has 116 valence electrons. The lowest BCUT2D eigenvalue weighted by Gasteiger charge is -2.41. The number of aromatic nitrogens is 2. The lowest BCUT2D eigenvalue weighted by atomic mass is 9.72. The molecule has 0 fully saturated rings. The minimum atomic E-state index is -0.226. The number of H-pyrrole nitrogens is 1. The molecule has 0 unspecified atom stereocenters. The molecule has 0 amide bonds. The number of hydrogen-bond donors (Lipinski definition) is 2. The summed E-state index contributed by atoms with van der Waals surface area (Å²) in [5.41, 5.74) is 4.79. The number of nitrogens with one attached hydrogen (secondary N) is 2. The number of imidazole rings is 1. The van der Waals surface area contributed by atoms with Crippen LogP contribution >= 0.6 is 0 Å². The van der Waals surface area contributed by atoms with Gasteiger partial charge in [0.15, 0.2) is 0 Å². The fourth-order valence-corrected chi connectivity index (χ4v) is 3.88. The minimum Gasteiger partial charge on any atom is -0.348 e. The second-order valence-corrected chi connectivity index (χ2v) is 6.36. The molecule has 2 N–H and O–H groups in total. The molecule has 0 bridgehead atoms. The highest BCUT2D eigenvalue weighted by molar-refractivity contribution is 5.41. The van der Waals surface area contributed by atoms with Crippen LogP contribution in [-0.4, -0.2) is 16.5 Å². The molecular formula is C20H21N3. The molecule has 3 nitrogen and oxygen atoms in total. The Kier molecular flexibility index (Phi) is 3.50. The molecule has 3 aromatic rings. The summed E-state index contributed by atoms with van der Waals surface area (Å²) in [5.74, 6) is 0.215. The SMILES string of the molecule is C[C@@]1(C(c2ccccc2)c2ccccc2)NCCc2[nH]cnc21. The van der Waals surface area contributed by atoms with Crippen LogP contribution in [0.2, 0.25) is 0 Å². The van der Waals surface area contributed by atoms with E-state index >= 15 is 0 Å². The lowest BCUT2D eigenvalue weighted by molar-refractivity contribution is 0.300. The number of aromatic amines is 1. The van der Waals surface area contributed by atoms with Gasteiger partial charge in [-0.15, -0.1) is 0 Å². The largest absolute Gasteiger partial charge is 0.348 e. The highest BCUT2D eigenvalue weighted by atomic mass is 15.1. The predicted molar refractivity (Wildman–Crippen MR) is 92.4 cm³/mol. The third kappa shape index (κ3) is 2.37. The maximum Gasteiger partial charge on any atom is 0.0926 e. The van der Waals surface area contributed by atoms with E-state index < -0.39 is 0 Å². The van der Waals surface area contributed by atoms with Crippen molar-refractivity contribution in [3.63, 3.8) is 0 Å². The van der Waals surface area contributed by atoms with Crippen molar-refractivity contribution >= 4 is 0 Å². The molecule has 2 heterocycles. The third-order valence-electron chi connectivity index (χ3n) is 4.92. The molecule has 2 aromatic carbocycles. The zero-order valence-corrected chi connectivity index (χ0v) is 13.3. The molecule has 1 aliphatic heterocycles. The van der Waals surface area contributed by atoms with Crippen molar-refractivity contribution < 1.29 is 0 Å². The van der Waals surface area contributed by atoms with E-state index in [4.69, 9.17) is 0 Å². The third-order valence-corrected chi connectivity index (χ3v) is 4.92. The first-order chi connectivity index (χ1) is 11.3. The fraction of sp³-hybridized carbons (Fsp3) is 0.250. The van der Waals surface area contributed by atoms with Gasteiger partial charge < -0.3 is 10.3 Å². The maximum atomic E-state index is 4.66. The average molecular weight is 303 g/mol. The summed E-state index contributed by atoms with van der Waals surface area (Å²) >= 11 is 0. The average Bonchev–Trinajstić information content (AvgIpc) is 3.07. The Bertz CT molecular complexity index is 739. The Hall–Kier alpha value is -2.39. The number of fused-ring (bicyclic) bond motifs is 1. The van der Waals surface area contributed by atoms with Crippen LogP contribution in [0.3, 0.4) is 0 Å². The molecule has 0 radical (unpaired) electrons. The van der Waals surface area contributed by atoms with Crippen LogP contribution < -0.4 is 5.32 Å². The molecule has 1 atom stereocenters. The second-order valence-electron chi connectivity index (χ2n) is 6.36. The Morgan fingerprint density at radius 1 is 0.957 bits per heavy atom. The van der Waals surface area contributed by atoms with Gasteiger partial charge in [-0.1, -0.05) is 60.7 Å². The first-order valence-electron chi connectivity index (χ1n) is 8.16. The van der Waals surface area contributed by atoms with E-state index in [1.165, 1.54) is 16.8 Å². The monoisotopic (exact) mass is 303 g/mol. The minimum absolute atomic E-state index is 0.215. The van der Waals surface area contributed by atoms with E-state index in [9.17, 15) is 0 Å². The van der Waals surface area contributed by atoms with Gasteiger partial charge in [0.1, 0.15) is 0 Å². The summed E-state index contributed by atoms with van der Waals surface area (Å²) in [6, 6.07) is 21.5. The Balaban J connectivity index is 1.90. The van der Waals surface area contributed by atoms with Crippen molar-refractivity contribution in [2.75, 3.05) is 6.54 Å². The van der Waals surface area contributed by atoms with Gasteiger partial charge in [-0.25, -0.2) is 4.98 Å². The fourth-order valence-electron chi connectivity index (χ4n) is 3.88. The first-order valence-corrected chi connectivity index (χ1v) is 8.16. The number of nitrogens with zero attached hydrogens (tertiary/aromatic N) is 1. The molecule has 23 heavy (non-hydrogen) atoms. The first kappa shape index (κ1) is 14.2. The van der Waals surface area contributed by atoms with Gasteiger partial charge >= 0.3 is 0 Å². The summed E-state index contributed by atoms with van der Waals surface area (Å²) < 4.78 is 0. The molecule has 3 heteroatoms. The molecule has 0 saturated carbocycles. The van der Waals surface area contributed by atoms with Crippen molar-refractivity contribution in [1.29, 1.82) is 0 Å². The molecule has 0 aliphatic carbocycles. The molecular weight excluding hydrogens is 282 g/mol. The second kappa shape index (κ2) is 5.67. The Morgan fingerprint density at radius 2 is 1.57 bits per heavy atom. The van der Waals surface area contributed by atoms with Crippen LogP contribution in [0.4, 0.5) is 0 Å². The lowest BCUT2D eigenvalue weighted by Crippen LogP contribution is -2.49. The van der Waals surface area contributed by atoms with Gasteiger partial charge in [0.05, 0.1) is 17.6 Å². The summed E-state index contributed by atoms with van der Waals surface area (Å²) in [7, 11) is 0. The van der Waals surface area contributed by atoms with Gasteiger partial charge in [0.25, 0.3) is 0 Å². The number of hydrogen-bond acceptors (Lipinski definition) is 2. The topological polar surface area (TPSA) is 40.7 Å². The van der Waals surface area contributed by atoms with E-state index in [1.54, 1.807) is 0 Å². The van der Waals surface area contributed by atoms with E-state index in [1.807, 2.05) is 6.33 Å². The standard InChI is InChI=1S/C20H21N3/c1-20(19-17(12-13-23-20)21-14-22-19)18(15-8-4-2-5-9-15)16-10-6-3-7-11-16/h2-11,14,18,23H,12-13H2,1H3,(H,21,22)/t20-/m0/s1. The van der Waals surface area contributed by atoms with Crippen molar-refractivity contribution in [1.82, 2.24) is 15.3 Å². The van der Waals surface area contributed by atoms with E-state index in [0.29, 0.717) is 0 Å². The van der Waals surface area contributed by atoms with Gasteiger partial charge in [-0.05, 0) is 18.1 Å². The van der Waals surface area contributed by atoms with Crippen molar-refractivity contribution in [3.05, 3.63) is 89.5 Å². The molecule has 1 aromatic heterocycles. The van der Waals surface area contributed by atoms with Gasteiger partial charge in [0, 0.05) is 24.6 Å². The van der Waals surface area contributed by atoms with E-state index in [2.05, 4.69) is 82.9 Å². The number of benzene rings is 2. The molecule has 0 saturated heterocycles. The van der Waals surface area contributed by atoms with Crippen molar-refractivity contribution in [2.45, 2.75) is 24.8 Å². The molecule has 1 aliphatic rings. The summed E-state index contributed by atoms with van der Waals surface area (Å²) in [4.78, 5) is 7.98. The van der Waals surface area contributed by atoms with Crippen molar-refractivity contribution in [2.24, 2.45) is 0 Å². The Morgan fingerprint density at radius 3 is 2.17 bits per heavy atom. The van der Waals surface area contributed by atoms with Crippen LogP contribution in [0.1, 0.15) is 35.4 Å². The zero-order valence-electron chi connectivity index (χ0n) is 13.3. The van der Waals surface area contributed by atoms with Crippen LogP contribution in [0.5, 0.6) is 0 Å². The van der Waals surface area contributed by atoms with Crippen molar-refractivity contribution in [3.8, 4) is 0 Å². The van der Waals surface area contributed by atoms with Gasteiger partial charge in [-0.2, -0.15) is 0 Å². The van der Waals surface area contributed by atoms with Crippen LogP contribution in [-0.2, 0) is 12.0 Å². The Labute approximate surface area is 136 Å². The number of rotatable bonds is 3. The maximum absolute atomic E-state index is 4.66. The van der Waals surface area contributed by atoms with Gasteiger partial charge in [0.2, 0.25) is 0 Å². The van der Waals surface area contributed by atoms with Crippen LogP contribution in [0.15, 0.2) is 67.0 Å². The van der Waals surface area contributed by atoms with Gasteiger partial charge in [-0.3, -0.25) is 0 Å². The smallest absolute Gasteiger partial charge is 0.0926 e. The summed E-state index contributed by atoms with van der Waals surface area (Å²) in [5, 5.41) is 3.75. The summed E-state index contributed by atoms with van der Waals surface area (Å²) in [6.45, 7) is 3.23. The predicted octanol–water partition coefficient (Wildman–Crippen LogP) is 3.60. The van der Waals surface area contributed by atoms with Crippen LogP contribution in [0.25, 0.3) is 0 Å². The summed E-state index contributed by atoms with van der Waals surface area (Å²) in [6.07, 6.45) is 2.82. The molecule has 0 spiro atoms. The zero-order chi connectivity index (χ0) is 15.7. The normalized spacial score (nSPS) is 20.4. The van der Waals surface area contributed by atoms with E-state index in [-0.39, 0.29) is 11.5 Å². The quantitative estimate of drug-likeness (QED) is 0.776. The van der Waals surface area contributed by atoms with E-state index in [0.717, 1.165) is 18.7 Å². The highest BCUT2D eigenvalue weighted by Gasteiger charge is 2.42. The molecule has 4 rings (SSSR count).